The van der Waals surface area contributed by atoms with E-state index >= 15 is 0 Å². The molecule has 0 fully saturated rings. The zero-order valence-electron chi connectivity index (χ0n) is 10.9. The summed E-state index contributed by atoms with van der Waals surface area (Å²) in [7, 11) is 0. The maximum absolute atomic E-state index is 11.5. The average Bonchev–Trinajstić information content (AvgIpc) is 2.67. The minimum absolute atomic E-state index is 0.479. The lowest BCUT2D eigenvalue weighted by atomic mass is 10.1. The summed E-state index contributed by atoms with van der Waals surface area (Å²) in [5.74, 6) is 0. The second kappa shape index (κ2) is 4.72. The fourth-order valence-electron chi connectivity index (χ4n) is 1.82. The van der Waals surface area contributed by atoms with Crippen LogP contribution in [0.25, 0.3) is 5.70 Å². The molecule has 0 saturated heterocycles. The lowest BCUT2D eigenvalue weighted by Gasteiger charge is -2.20. The Hall–Kier alpha value is -1.97. The largest absolute Gasteiger partial charge is 0.443 e. The van der Waals surface area contributed by atoms with Crippen molar-refractivity contribution in [3.8, 4) is 0 Å². The number of hydrogen-bond donors (Lipinski definition) is 2. The zero-order chi connectivity index (χ0) is 13.2. The van der Waals surface area contributed by atoms with Gasteiger partial charge in [-0.25, -0.2) is 10.2 Å². The molecule has 1 aromatic carbocycles. The van der Waals surface area contributed by atoms with Gasteiger partial charge in [-0.2, -0.15) is 0 Å². The van der Waals surface area contributed by atoms with Crippen LogP contribution >= 0.6 is 0 Å². The van der Waals surface area contributed by atoms with E-state index < -0.39 is 11.7 Å². The summed E-state index contributed by atoms with van der Waals surface area (Å²) < 4.78 is 5.15. The summed E-state index contributed by atoms with van der Waals surface area (Å²) in [6, 6.07) is 8.09. The molecular formula is C14H18N2O2. The topological polar surface area (TPSA) is 50.4 Å². The summed E-state index contributed by atoms with van der Waals surface area (Å²) in [5, 5.41) is 0. The highest BCUT2D eigenvalue weighted by Crippen LogP contribution is 2.24. The molecule has 2 N–H and O–H groups in total. The van der Waals surface area contributed by atoms with Crippen LogP contribution in [0.15, 0.2) is 30.3 Å². The number of carbonyl (C=O) groups excluding carboxylic acids is 1. The van der Waals surface area contributed by atoms with Gasteiger partial charge in [0.2, 0.25) is 0 Å². The molecule has 0 aromatic heterocycles. The fourth-order valence-corrected chi connectivity index (χ4v) is 1.82. The predicted octanol–water partition coefficient (Wildman–Crippen LogP) is 2.61. The molecule has 0 unspecified atom stereocenters. The van der Waals surface area contributed by atoms with Gasteiger partial charge in [0.15, 0.2) is 0 Å². The van der Waals surface area contributed by atoms with E-state index in [1.165, 1.54) is 5.56 Å². The molecule has 0 bridgehead atoms. The highest BCUT2D eigenvalue weighted by atomic mass is 16.6. The third kappa shape index (κ3) is 3.03. The number of hydrogen-bond acceptors (Lipinski definition) is 3. The molecule has 1 aliphatic rings. The van der Waals surface area contributed by atoms with E-state index in [0.29, 0.717) is 0 Å². The van der Waals surface area contributed by atoms with E-state index in [1.54, 1.807) is 0 Å². The molecule has 2 rings (SSSR count). The van der Waals surface area contributed by atoms with Crippen molar-refractivity contribution in [2.75, 3.05) is 0 Å². The number of hydrazine groups is 1. The van der Waals surface area contributed by atoms with Crippen LogP contribution in [0, 0.1) is 0 Å². The van der Waals surface area contributed by atoms with Crippen LogP contribution in [-0.4, -0.2) is 11.7 Å². The molecule has 18 heavy (non-hydrogen) atoms. The average molecular weight is 246 g/mol. The van der Waals surface area contributed by atoms with Crippen LogP contribution in [0.2, 0.25) is 0 Å². The van der Waals surface area contributed by atoms with Crippen molar-refractivity contribution in [2.45, 2.75) is 32.8 Å². The van der Waals surface area contributed by atoms with Crippen molar-refractivity contribution >= 4 is 11.8 Å². The summed E-state index contributed by atoms with van der Waals surface area (Å²) in [6.07, 6.45) is 2.45. The SMILES string of the molecule is CC(C)(C)OC(=O)NNC1=CCc2ccccc21. The molecule has 0 saturated carbocycles. The Bertz CT molecular complexity index is 487. The second-order valence-corrected chi connectivity index (χ2v) is 5.23. The number of nitrogens with one attached hydrogen (secondary N) is 2. The van der Waals surface area contributed by atoms with Crippen LogP contribution in [0.5, 0.6) is 0 Å². The molecule has 4 heteroatoms. The van der Waals surface area contributed by atoms with Crippen molar-refractivity contribution in [1.29, 1.82) is 0 Å². The second-order valence-electron chi connectivity index (χ2n) is 5.23. The predicted molar refractivity (Wildman–Crippen MR) is 70.6 cm³/mol. The van der Waals surface area contributed by atoms with Gasteiger partial charge in [0.25, 0.3) is 0 Å². The standard InChI is InChI=1S/C14H18N2O2/c1-14(2,3)18-13(17)16-15-12-9-8-10-6-4-5-7-11(10)12/h4-7,9,15H,8H2,1-3H3,(H,16,17). The highest BCUT2D eigenvalue weighted by Gasteiger charge is 2.17. The lowest BCUT2D eigenvalue weighted by molar-refractivity contribution is 0.0511. The van der Waals surface area contributed by atoms with E-state index in [4.69, 9.17) is 4.74 Å². The third-order valence-corrected chi connectivity index (χ3v) is 2.53. The van der Waals surface area contributed by atoms with Gasteiger partial charge in [0.05, 0.1) is 5.70 Å². The van der Waals surface area contributed by atoms with Crippen LogP contribution in [0.4, 0.5) is 4.79 Å². The summed E-state index contributed by atoms with van der Waals surface area (Å²) >= 11 is 0. The zero-order valence-corrected chi connectivity index (χ0v) is 10.9. The molecular weight excluding hydrogens is 228 g/mol. The van der Waals surface area contributed by atoms with Gasteiger partial charge >= 0.3 is 6.09 Å². The Morgan fingerprint density at radius 3 is 2.72 bits per heavy atom. The molecule has 0 radical (unpaired) electrons. The number of fused-ring (bicyclic) bond motifs is 1. The molecule has 0 spiro atoms. The summed E-state index contributed by atoms with van der Waals surface area (Å²) in [4.78, 5) is 11.5. The quantitative estimate of drug-likeness (QED) is 0.789. The Balaban J connectivity index is 1.91. The smallest absolute Gasteiger partial charge is 0.426 e. The maximum atomic E-state index is 11.5. The maximum Gasteiger partial charge on any atom is 0.426 e. The minimum atomic E-state index is -0.492. The van der Waals surface area contributed by atoms with Crippen LogP contribution in [0.3, 0.4) is 0 Å². The number of ether oxygens (including phenoxy) is 1. The normalized spacial score (nSPS) is 13.6. The first-order chi connectivity index (χ1) is 8.46. The molecule has 4 nitrogen and oxygen atoms in total. The van der Waals surface area contributed by atoms with Crippen molar-refractivity contribution in [2.24, 2.45) is 0 Å². The summed E-state index contributed by atoms with van der Waals surface area (Å²) in [6.45, 7) is 5.49. The van der Waals surface area contributed by atoms with Gasteiger partial charge in [-0.3, -0.25) is 5.43 Å². The van der Waals surface area contributed by atoms with Gasteiger partial charge in [0.1, 0.15) is 5.60 Å². The van der Waals surface area contributed by atoms with Gasteiger partial charge in [-0.1, -0.05) is 30.3 Å². The van der Waals surface area contributed by atoms with Crippen LogP contribution < -0.4 is 10.9 Å². The molecule has 1 amide bonds. The number of benzene rings is 1. The van der Waals surface area contributed by atoms with Gasteiger partial charge in [-0.15, -0.1) is 0 Å². The minimum Gasteiger partial charge on any atom is -0.443 e. The number of rotatable bonds is 2. The molecule has 0 atom stereocenters. The van der Waals surface area contributed by atoms with Gasteiger partial charge < -0.3 is 4.74 Å². The van der Waals surface area contributed by atoms with Gasteiger partial charge in [0, 0.05) is 5.56 Å². The Labute approximate surface area is 107 Å². The first-order valence-corrected chi connectivity index (χ1v) is 5.99. The van der Waals surface area contributed by atoms with Crippen molar-refractivity contribution in [1.82, 2.24) is 10.9 Å². The molecule has 0 aliphatic heterocycles. The van der Waals surface area contributed by atoms with E-state index in [1.807, 2.05) is 45.0 Å². The number of amides is 1. The van der Waals surface area contributed by atoms with E-state index in [2.05, 4.69) is 16.9 Å². The van der Waals surface area contributed by atoms with Crippen LogP contribution in [0.1, 0.15) is 31.9 Å². The first-order valence-electron chi connectivity index (χ1n) is 5.99. The number of carbonyl (C=O) groups is 1. The van der Waals surface area contributed by atoms with Crippen LogP contribution in [-0.2, 0) is 11.2 Å². The first kappa shape index (κ1) is 12.5. The van der Waals surface area contributed by atoms with E-state index in [9.17, 15) is 4.79 Å². The molecule has 1 aliphatic carbocycles. The molecule has 0 heterocycles. The monoisotopic (exact) mass is 246 g/mol. The molecule has 1 aromatic rings. The van der Waals surface area contributed by atoms with Crippen molar-refractivity contribution in [3.05, 3.63) is 41.5 Å². The van der Waals surface area contributed by atoms with Crippen molar-refractivity contribution in [3.63, 3.8) is 0 Å². The lowest BCUT2D eigenvalue weighted by Crippen LogP contribution is -2.40. The van der Waals surface area contributed by atoms with Gasteiger partial charge in [-0.05, 0) is 32.8 Å². The Morgan fingerprint density at radius 2 is 2.00 bits per heavy atom. The van der Waals surface area contributed by atoms with E-state index in [-0.39, 0.29) is 0 Å². The fraction of sp³-hybridized carbons (Fsp3) is 0.357. The summed E-state index contributed by atoms with van der Waals surface area (Å²) in [5.41, 5.74) is 8.23. The molecule has 96 valence electrons. The van der Waals surface area contributed by atoms with Crippen molar-refractivity contribution < 1.29 is 9.53 Å². The third-order valence-electron chi connectivity index (χ3n) is 2.53. The Morgan fingerprint density at radius 1 is 1.28 bits per heavy atom. The Kier molecular flexibility index (Phi) is 3.28. The number of allylic oxidation sites excluding steroid dienone is 1. The van der Waals surface area contributed by atoms with E-state index in [0.717, 1.165) is 17.7 Å². The highest BCUT2D eigenvalue weighted by molar-refractivity contribution is 5.74.